The van der Waals surface area contributed by atoms with Crippen molar-refractivity contribution in [2.75, 3.05) is 29.9 Å². The van der Waals surface area contributed by atoms with Gasteiger partial charge in [-0.2, -0.15) is 0 Å². The molecule has 2 aliphatic heterocycles. The van der Waals surface area contributed by atoms with Crippen LogP contribution in [0, 0.1) is 11.2 Å². The summed E-state index contributed by atoms with van der Waals surface area (Å²) in [7, 11) is 0. The molecule has 3 amide bonds. The van der Waals surface area contributed by atoms with Crippen LogP contribution in [0.15, 0.2) is 72.8 Å². The minimum Gasteiger partial charge on any atom is -0.342 e. The lowest BCUT2D eigenvalue weighted by molar-refractivity contribution is -0.146. The highest BCUT2D eigenvalue weighted by Crippen LogP contribution is 2.43. The summed E-state index contributed by atoms with van der Waals surface area (Å²) in [6.07, 6.45) is 3.04. The number of carbonyl (C=O) groups is 3. The van der Waals surface area contributed by atoms with Gasteiger partial charge in [0.25, 0.3) is 11.8 Å². The van der Waals surface area contributed by atoms with Gasteiger partial charge in [-0.05, 0) is 80.6 Å². The maximum atomic E-state index is 13.9. The van der Waals surface area contributed by atoms with E-state index in [-0.39, 0.29) is 17.4 Å². The van der Waals surface area contributed by atoms with Gasteiger partial charge in [-0.3, -0.25) is 14.4 Å². The van der Waals surface area contributed by atoms with Crippen LogP contribution in [0.1, 0.15) is 52.5 Å². The number of fused-ring (bicyclic) bond motifs is 1. The fraction of sp³-hybridized carbons (Fsp3) is 0.300. The summed E-state index contributed by atoms with van der Waals surface area (Å²) in [5, 5.41) is 2.68. The number of piperidine rings is 1. The van der Waals surface area contributed by atoms with Crippen molar-refractivity contribution in [3.8, 4) is 0 Å². The number of benzene rings is 3. The molecule has 190 valence electrons. The second-order valence-electron chi connectivity index (χ2n) is 9.79. The quantitative estimate of drug-likeness (QED) is 0.530. The summed E-state index contributed by atoms with van der Waals surface area (Å²) in [5.41, 5.74) is 2.25. The van der Waals surface area contributed by atoms with Crippen molar-refractivity contribution in [3.05, 3.63) is 95.3 Å². The second kappa shape index (κ2) is 10.2. The van der Waals surface area contributed by atoms with E-state index in [9.17, 15) is 18.8 Å². The molecule has 1 spiro atoms. The van der Waals surface area contributed by atoms with Gasteiger partial charge in [0.05, 0.1) is 11.0 Å². The molecule has 2 aliphatic rings. The van der Waals surface area contributed by atoms with Gasteiger partial charge in [0.2, 0.25) is 5.91 Å². The van der Waals surface area contributed by atoms with Crippen molar-refractivity contribution >= 4 is 29.1 Å². The normalized spacial score (nSPS) is 19.4. The molecule has 1 N–H and O–H groups in total. The molecule has 6 nitrogen and oxygen atoms in total. The Hall–Kier alpha value is -4.00. The fourth-order valence-corrected chi connectivity index (χ4v) is 5.58. The molecule has 1 atom stereocenters. The first-order valence-electron chi connectivity index (χ1n) is 12.8. The number of para-hydroxylation sites is 1. The van der Waals surface area contributed by atoms with E-state index in [2.05, 4.69) is 5.32 Å². The molecule has 2 heterocycles. The molecule has 0 saturated carbocycles. The zero-order valence-corrected chi connectivity index (χ0v) is 20.9. The van der Waals surface area contributed by atoms with Gasteiger partial charge in [-0.25, -0.2) is 4.39 Å². The summed E-state index contributed by atoms with van der Waals surface area (Å²) >= 11 is 0. The van der Waals surface area contributed by atoms with E-state index in [0.717, 1.165) is 30.6 Å². The summed E-state index contributed by atoms with van der Waals surface area (Å²) in [5.74, 6) is -1.11. The SMILES string of the molecule is CCN1CCCC2(CCN(C(=O)c3ccc(NC(=O)c4ccccc4F)cc3)c3ccccc3C2)C1=O. The predicted octanol–water partition coefficient (Wildman–Crippen LogP) is 5.30. The summed E-state index contributed by atoms with van der Waals surface area (Å²) < 4.78 is 13.9. The summed E-state index contributed by atoms with van der Waals surface area (Å²) in [6, 6.07) is 20.2. The Morgan fingerprint density at radius 2 is 1.68 bits per heavy atom. The number of carbonyl (C=O) groups excluding carboxylic acids is 3. The van der Waals surface area contributed by atoms with Crippen LogP contribution in [0.2, 0.25) is 0 Å². The second-order valence-corrected chi connectivity index (χ2v) is 9.79. The number of amides is 3. The van der Waals surface area contributed by atoms with E-state index in [4.69, 9.17) is 0 Å². The van der Waals surface area contributed by atoms with E-state index in [1.165, 1.54) is 18.2 Å². The number of likely N-dealkylation sites (tertiary alicyclic amines) is 1. The molecular weight excluding hydrogens is 469 g/mol. The highest BCUT2D eigenvalue weighted by Gasteiger charge is 2.45. The van der Waals surface area contributed by atoms with Gasteiger partial charge < -0.3 is 15.1 Å². The fourth-order valence-electron chi connectivity index (χ4n) is 5.58. The van der Waals surface area contributed by atoms with E-state index >= 15 is 0 Å². The molecule has 3 aromatic rings. The van der Waals surface area contributed by atoms with E-state index in [1.54, 1.807) is 35.2 Å². The standard InChI is InChI=1S/C30H30FN3O3/c1-2-33-18-7-16-30(29(33)37)17-19-34(26-11-6-3-8-22(26)20-30)28(36)21-12-14-23(15-13-21)32-27(35)24-9-4-5-10-25(24)31/h3-6,8-15H,2,7,16-20H2,1H3,(H,32,35). The lowest BCUT2D eigenvalue weighted by Crippen LogP contribution is -2.50. The highest BCUT2D eigenvalue weighted by molar-refractivity contribution is 6.08. The maximum absolute atomic E-state index is 13.9. The lowest BCUT2D eigenvalue weighted by Gasteiger charge is -2.41. The summed E-state index contributed by atoms with van der Waals surface area (Å²) in [6.45, 7) is 3.95. The Labute approximate surface area is 216 Å². The van der Waals surface area contributed by atoms with Gasteiger partial charge >= 0.3 is 0 Å². The van der Waals surface area contributed by atoms with Crippen molar-refractivity contribution < 1.29 is 18.8 Å². The molecular formula is C30H30FN3O3. The Bertz CT molecular complexity index is 1340. The number of anilines is 2. The van der Waals surface area contributed by atoms with Crippen molar-refractivity contribution in [2.24, 2.45) is 5.41 Å². The van der Waals surface area contributed by atoms with Crippen LogP contribution in [0.3, 0.4) is 0 Å². The Morgan fingerprint density at radius 1 is 0.946 bits per heavy atom. The molecule has 37 heavy (non-hydrogen) atoms. The Morgan fingerprint density at radius 3 is 2.43 bits per heavy atom. The monoisotopic (exact) mass is 499 g/mol. The van der Waals surface area contributed by atoms with Crippen LogP contribution < -0.4 is 10.2 Å². The van der Waals surface area contributed by atoms with Crippen LogP contribution >= 0.6 is 0 Å². The van der Waals surface area contributed by atoms with Crippen LogP contribution in [-0.4, -0.2) is 42.3 Å². The number of halogens is 1. The highest BCUT2D eigenvalue weighted by atomic mass is 19.1. The molecule has 0 radical (unpaired) electrons. The van der Waals surface area contributed by atoms with Gasteiger partial charge in [0.15, 0.2) is 0 Å². The van der Waals surface area contributed by atoms with Crippen LogP contribution in [0.25, 0.3) is 0 Å². The molecule has 0 aliphatic carbocycles. The third-order valence-electron chi connectivity index (χ3n) is 7.58. The van der Waals surface area contributed by atoms with Crippen LogP contribution in [-0.2, 0) is 11.2 Å². The van der Waals surface area contributed by atoms with E-state index < -0.39 is 17.1 Å². The van der Waals surface area contributed by atoms with Crippen molar-refractivity contribution in [3.63, 3.8) is 0 Å². The summed E-state index contributed by atoms with van der Waals surface area (Å²) in [4.78, 5) is 43.3. The molecule has 0 aromatic heterocycles. The number of hydrogen-bond donors (Lipinski definition) is 1. The average Bonchev–Trinajstić information content (AvgIpc) is 3.08. The Kier molecular flexibility index (Phi) is 6.78. The zero-order chi connectivity index (χ0) is 26.0. The number of nitrogens with zero attached hydrogens (tertiary/aromatic N) is 2. The molecule has 1 fully saturated rings. The van der Waals surface area contributed by atoms with Gasteiger partial charge in [0.1, 0.15) is 5.82 Å². The van der Waals surface area contributed by atoms with Gasteiger partial charge in [0, 0.05) is 36.6 Å². The van der Waals surface area contributed by atoms with E-state index in [0.29, 0.717) is 37.2 Å². The number of nitrogens with one attached hydrogen (secondary N) is 1. The largest absolute Gasteiger partial charge is 0.342 e. The molecule has 3 aromatic carbocycles. The zero-order valence-electron chi connectivity index (χ0n) is 20.9. The topological polar surface area (TPSA) is 69.7 Å². The number of hydrogen-bond acceptors (Lipinski definition) is 3. The maximum Gasteiger partial charge on any atom is 0.258 e. The van der Waals surface area contributed by atoms with Crippen LogP contribution in [0.4, 0.5) is 15.8 Å². The van der Waals surface area contributed by atoms with E-state index in [1.807, 2.05) is 36.1 Å². The third-order valence-corrected chi connectivity index (χ3v) is 7.58. The molecule has 5 rings (SSSR count). The average molecular weight is 500 g/mol. The first-order chi connectivity index (χ1) is 17.9. The van der Waals surface area contributed by atoms with Gasteiger partial charge in [-0.1, -0.05) is 30.3 Å². The first-order valence-corrected chi connectivity index (χ1v) is 12.8. The first kappa shape index (κ1) is 24.7. The molecule has 1 unspecified atom stereocenters. The van der Waals surface area contributed by atoms with Crippen molar-refractivity contribution in [2.45, 2.75) is 32.6 Å². The van der Waals surface area contributed by atoms with Crippen molar-refractivity contribution in [1.29, 1.82) is 0 Å². The Balaban J connectivity index is 1.37. The molecule has 1 saturated heterocycles. The van der Waals surface area contributed by atoms with Crippen LogP contribution in [0.5, 0.6) is 0 Å². The van der Waals surface area contributed by atoms with Crippen molar-refractivity contribution in [1.82, 2.24) is 4.90 Å². The predicted molar refractivity (Wildman–Crippen MR) is 141 cm³/mol. The number of rotatable bonds is 4. The molecule has 0 bridgehead atoms. The minimum absolute atomic E-state index is 0.0448. The third kappa shape index (κ3) is 4.73. The van der Waals surface area contributed by atoms with Gasteiger partial charge in [-0.15, -0.1) is 0 Å². The lowest BCUT2D eigenvalue weighted by atomic mass is 9.72. The minimum atomic E-state index is -0.595. The smallest absolute Gasteiger partial charge is 0.258 e. The molecule has 7 heteroatoms.